The molecule has 0 aliphatic heterocycles. The Balaban J connectivity index is -0.00000000900. The fourth-order valence-electron chi connectivity index (χ4n) is 0. The summed E-state index contributed by atoms with van der Waals surface area (Å²) >= 11 is 0. The van der Waals surface area contributed by atoms with Crippen LogP contribution in [0.5, 0.6) is 0 Å². The van der Waals surface area contributed by atoms with Gasteiger partial charge in [0, 0.05) is 0 Å². The molecule has 0 saturated carbocycles. The van der Waals surface area contributed by atoms with Crippen LogP contribution in [0.15, 0.2) is 13.2 Å². The SMILES string of the molecule is C.C=C.CC.CN. The highest BCUT2D eigenvalue weighted by Gasteiger charge is 0.932. The Bertz CT molecular complexity index is 4.14. The largest absolute Gasteiger partial charge is 0.333 e. The predicted octanol–water partition coefficient (Wildman–Crippen LogP) is 2.04. The average molecular weight is 105 g/mol. The molecule has 0 unspecified atom stereocenters. The van der Waals surface area contributed by atoms with E-state index in [1.165, 1.54) is 7.05 Å². The second-order valence-corrected chi connectivity index (χ2v) is 0. The first-order valence-electron chi connectivity index (χ1n) is 2.08. The first-order valence-corrected chi connectivity index (χ1v) is 2.08. The summed E-state index contributed by atoms with van der Waals surface area (Å²) in [4.78, 5) is 0. The van der Waals surface area contributed by atoms with E-state index < -0.39 is 0 Å². The average Bonchev–Trinajstić information content (AvgIpc) is 1.81. The molecule has 0 rings (SSSR count). The van der Waals surface area contributed by atoms with E-state index in [0.717, 1.165) is 0 Å². The first-order chi connectivity index (χ1) is 3.00. The lowest BCUT2D eigenvalue weighted by Gasteiger charge is -1.19. The molecule has 0 spiro atoms. The van der Waals surface area contributed by atoms with E-state index in [1.54, 1.807) is 0 Å². The molecule has 0 aliphatic carbocycles. The van der Waals surface area contributed by atoms with Gasteiger partial charge in [0.15, 0.2) is 0 Å². The van der Waals surface area contributed by atoms with Gasteiger partial charge in [0.25, 0.3) is 0 Å². The molecule has 48 valence electrons. The second-order valence-electron chi connectivity index (χ2n) is 0. The van der Waals surface area contributed by atoms with Gasteiger partial charge < -0.3 is 5.73 Å². The summed E-state index contributed by atoms with van der Waals surface area (Å²) in [6, 6.07) is 0. The van der Waals surface area contributed by atoms with Crippen molar-refractivity contribution in [1.82, 2.24) is 0 Å². The van der Waals surface area contributed by atoms with Crippen LogP contribution in [0.25, 0.3) is 0 Å². The maximum atomic E-state index is 4.50. The Labute approximate surface area is 48.2 Å². The van der Waals surface area contributed by atoms with Gasteiger partial charge in [-0.25, -0.2) is 0 Å². The van der Waals surface area contributed by atoms with E-state index >= 15 is 0 Å². The van der Waals surface area contributed by atoms with Crippen molar-refractivity contribution in [3.8, 4) is 0 Å². The summed E-state index contributed by atoms with van der Waals surface area (Å²) in [5.41, 5.74) is 4.50. The molecule has 0 heterocycles. The zero-order chi connectivity index (χ0) is 6.00. The van der Waals surface area contributed by atoms with Gasteiger partial charge in [-0.3, -0.25) is 0 Å². The summed E-state index contributed by atoms with van der Waals surface area (Å²) in [5.74, 6) is 0. The van der Waals surface area contributed by atoms with Crippen molar-refractivity contribution in [2.45, 2.75) is 21.3 Å². The van der Waals surface area contributed by atoms with E-state index in [9.17, 15) is 0 Å². The van der Waals surface area contributed by atoms with Gasteiger partial charge in [-0.15, -0.1) is 13.2 Å². The topological polar surface area (TPSA) is 26.0 Å². The van der Waals surface area contributed by atoms with E-state index in [1.807, 2.05) is 13.8 Å². The van der Waals surface area contributed by atoms with E-state index in [2.05, 4.69) is 18.9 Å². The van der Waals surface area contributed by atoms with Crippen LogP contribution in [0.1, 0.15) is 21.3 Å². The van der Waals surface area contributed by atoms with Crippen molar-refractivity contribution >= 4 is 0 Å². The highest BCUT2D eigenvalue weighted by atomic mass is 14.4. The van der Waals surface area contributed by atoms with Gasteiger partial charge >= 0.3 is 0 Å². The van der Waals surface area contributed by atoms with Crippen LogP contribution in [0.3, 0.4) is 0 Å². The van der Waals surface area contributed by atoms with Crippen LogP contribution >= 0.6 is 0 Å². The van der Waals surface area contributed by atoms with Crippen LogP contribution in [-0.4, -0.2) is 7.05 Å². The number of nitrogens with two attached hydrogens (primary N) is 1. The molecule has 0 aromatic rings. The number of rotatable bonds is 0. The molecule has 1 heteroatoms. The zero-order valence-electron chi connectivity index (χ0n) is 4.99. The molecular formula is C6H19N. The lowest BCUT2D eigenvalue weighted by molar-refractivity contribution is 1.48. The molecule has 0 bridgehead atoms. The molecular weight excluding hydrogens is 86.1 g/mol. The summed E-state index contributed by atoms with van der Waals surface area (Å²) in [7, 11) is 1.50. The third-order valence-electron chi connectivity index (χ3n) is 0. The van der Waals surface area contributed by atoms with Crippen molar-refractivity contribution < 1.29 is 0 Å². The van der Waals surface area contributed by atoms with Crippen LogP contribution < -0.4 is 5.73 Å². The normalized spacial score (nSPS) is 2.29. The lowest BCUT2D eigenvalue weighted by atomic mass is 11.0. The van der Waals surface area contributed by atoms with E-state index in [0.29, 0.717) is 0 Å². The van der Waals surface area contributed by atoms with Crippen molar-refractivity contribution in [2.24, 2.45) is 5.73 Å². The highest BCUT2D eigenvalue weighted by Crippen LogP contribution is 1.14. The minimum Gasteiger partial charge on any atom is -0.333 e. The van der Waals surface area contributed by atoms with E-state index in [-0.39, 0.29) is 7.43 Å². The lowest BCUT2D eigenvalue weighted by Crippen LogP contribution is -1.69. The second kappa shape index (κ2) is 1400. The zero-order valence-corrected chi connectivity index (χ0v) is 4.99. The maximum Gasteiger partial charge on any atom is -0.0195 e. The third-order valence-corrected chi connectivity index (χ3v) is 0. The molecule has 1 nitrogen and oxygen atoms in total. The van der Waals surface area contributed by atoms with Crippen molar-refractivity contribution in [2.75, 3.05) is 7.05 Å². The Morgan fingerprint density at radius 1 is 1.00 bits per heavy atom. The fraction of sp³-hybridized carbons (Fsp3) is 0.667. The Morgan fingerprint density at radius 3 is 1.00 bits per heavy atom. The predicted molar refractivity (Wildman–Crippen MR) is 39.4 cm³/mol. The summed E-state index contributed by atoms with van der Waals surface area (Å²) < 4.78 is 0. The Morgan fingerprint density at radius 2 is 1.00 bits per heavy atom. The van der Waals surface area contributed by atoms with Crippen molar-refractivity contribution in [3.05, 3.63) is 13.2 Å². The minimum absolute atomic E-state index is 0. The first kappa shape index (κ1) is 29.9. The Kier molecular flexibility index (Phi) is 5970. The van der Waals surface area contributed by atoms with Gasteiger partial charge in [-0.2, -0.15) is 0 Å². The van der Waals surface area contributed by atoms with Crippen LogP contribution in [0, 0.1) is 0 Å². The van der Waals surface area contributed by atoms with Gasteiger partial charge in [0.1, 0.15) is 0 Å². The molecule has 0 fully saturated rings. The van der Waals surface area contributed by atoms with Crippen molar-refractivity contribution in [3.63, 3.8) is 0 Å². The molecule has 0 saturated heterocycles. The summed E-state index contributed by atoms with van der Waals surface area (Å²) in [6.07, 6.45) is 0. The highest BCUT2D eigenvalue weighted by molar-refractivity contribution is 4.22. The number of hydrogen-bond donors (Lipinski definition) is 1. The fourth-order valence-corrected chi connectivity index (χ4v) is 0. The number of hydrogen-bond acceptors (Lipinski definition) is 1. The monoisotopic (exact) mass is 105 g/mol. The van der Waals surface area contributed by atoms with Gasteiger partial charge in [0.2, 0.25) is 0 Å². The van der Waals surface area contributed by atoms with Gasteiger partial charge in [-0.05, 0) is 7.05 Å². The standard InChI is InChI=1S/C2H6.C2H4.CH5N.CH4/c3*1-2;/h1-2H3;1-2H2;2H2,1H3;1H4. The van der Waals surface area contributed by atoms with Crippen LogP contribution in [-0.2, 0) is 0 Å². The molecule has 0 aromatic carbocycles. The maximum absolute atomic E-state index is 4.50. The summed E-state index contributed by atoms with van der Waals surface area (Å²) in [5, 5.41) is 0. The third kappa shape index (κ3) is 867. The molecule has 0 radical (unpaired) electrons. The molecule has 0 atom stereocenters. The van der Waals surface area contributed by atoms with Crippen LogP contribution in [0.2, 0.25) is 0 Å². The Hall–Kier alpha value is -0.300. The molecule has 7 heavy (non-hydrogen) atoms. The molecule has 0 aliphatic rings. The molecule has 0 aromatic heterocycles. The van der Waals surface area contributed by atoms with Crippen molar-refractivity contribution in [1.29, 1.82) is 0 Å². The van der Waals surface area contributed by atoms with Crippen LogP contribution in [0.4, 0.5) is 0 Å². The molecule has 0 amide bonds. The van der Waals surface area contributed by atoms with E-state index in [4.69, 9.17) is 0 Å². The minimum atomic E-state index is 0. The van der Waals surface area contributed by atoms with Gasteiger partial charge in [-0.1, -0.05) is 21.3 Å². The summed E-state index contributed by atoms with van der Waals surface area (Å²) in [6.45, 7) is 10.0. The molecule has 2 N–H and O–H groups in total. The smallest absolute Gasteiger partial charge is 0.0195 e. The quantitative estimate of drug-likeness (QED) is 0.469. The van der Waals surface area contributed by atoms with Gasteiger partial charge in [0.05, 0.1) is 0 Å².